The lowest BCUT2D eigenvalue weighted by Gasteiger charge is -1.70. The fourth-order valence-corrected chi connectivity index (χ4v) is 0.158. The molecule has 0 amide bonds. The number of hydrogen-bond acceptors (Lipinski definition) is 2. The monoisotopic (exact) mass is 94.0 g/mol. The molecule has 3 heteroatoms. The Bertz CT molecular complexity index is 28.8. The molecule has 0 rings (SSSR count). The highest BCUT2D eigenvalue weighted by atomic mass is 31.1. The molecule has 0 saturated heterocycles. The third-order valence-corrected chi connectivity index (χ3v) is 0.741. The van der Waals surface area contributed by atoms with Crippen molar-refractivity contribution in [3.05, 3.63) is 0 Å². The van der Waals surface area contributed by atoms with E-state index >= 15 is 0 Å². The summed E-state index contributed by atoms with van der Waals surface area (Å²) in [6.45, 7) is 0.0683. The summed E-state index contributed by atoms with van der Waals surface area (Å²) in [4.78, 5) is 0. The minimum Gasteiger partial charge on any atom is -0.396 e. The summed E-state index contributed by atoms with van der Waals surface area (Å²) >= 11 is 0. The molecule has 0 spiro atoms. The van der Waals surface area contributed by atoms with E-state index in [0.717, 1.165) is 0 Å². The molecule has 0 aliphatic carbocycles. The van der Waals surface area contributed by atoms with Crippen molar-refractivity contribution in [1.82, 2.24) is 0 Å². The van der Waals surface area contributed by atoms with Crippen LogP contribution in [0.4, 0.5) is 0 Å². The van der Waals surface area contributed by atoms with Gasteiger partial charge in [-0.1, -0.05) is 0 Å². The van der Waals surface area contributed by atoms with Gasteiger partial charge in [-0.05, 0) is 0 Å². The van der Waals surface area contributed by atoms with Gasteiger partial charge < -0.3 is 9.67 Å². The molecule has 5 heavy (non-hydrogen) atoms. The van der Waals surface area contributed by atoms with Crippen LogP contribution in [-0.4, -0.2) is 17.9 Å². The standard InChI is InChI=1S/C2H7O2P/c3-1-2-5-4/h3H,1-2,5H2. The molecule has 0 saturated carbocycles. The summed E-state index contributed by atoms with van der Waals surface area (Å²) in [5.41, 5.74) is 0. The van der Waals surface area contributed by atoms with Crippen LogP contribution < -0.4 is 0 Å². The minimum atomic E-state index is -0.714. The zero-order valence-electron chi connectivity index (χ0n) is 2.85. The van der Waals surface area contributed by atoms with Crippen LogP contribution in [-0.2, 0) is 4.57 Å². The van der Waals surface area contributed by atoms with Gasteiger partial charge in [-0.2, -0.15) is 0 Å². The molecule has 1 unspecified atom stereocenters. The molecule has 0 aromatic rings. The summed E-state index contributed by atoms with van der Waals surface area (Å²) in [5.74, 6) is 0. The van der Waals surface area contributed by atoms with Crippen LogP contribution in [0.3, 0.4) is 0 Å². The highest BCUT2D eigenvalue weighted by Gasteiger charge is 1.66. The summed E-state index contributed by atoms with van der Waals surface area (Å²) in [6.07, 6.45) is 0.472. The first-order chi connectivity index (χ1) is 2.41. The summed E-state index contributed by atoms with van der Waals surface area (Å²) in [5, 5.41) is 7.89. The summed E-state index contributed by atoms with van der Waals surface area (Å²) in [6, 6.07) is 0. The second-order valence-electron chi connectivity index (χ2n) is 0.679. The van der Waals surface area contributed by atoms with Gasteiger partial charge in [0.25, 0.3) is 0 Å². The van der Waals surface area contributed by atoms with Crippen molar-refractivity contribution >= 4 is 8.46 Å². The second kappa shape index (κ2) is 4.19. The second-order valence-corrected chi connectivity index (χ2v) is 1.59. The molecule has 0 radical (unpaired) electrons. The maximum absolute atomic E-state index is 9.45. The minimum absolute atomic E-state index is 0.0683. The third-order valence-electron chi connectivity index (χ3n) is 0.247. The Labute approximate surface area is 32.0 Å². The normalized spacial score (nSPS) is 10.6. The average molecular weight is 94.0 g/mol. The van der Waals surface area contributed by atoms with Crippen molar-refractivity contribution < 1.29 is 9.67 Å². The molecule has 0 heterocycles. The van der Waals surface area contributed by atoms with Crippen molar-refractivity contribution in [3.8, 4) is 0 Å². The lowest BCUT2D eigenvalue weighted by Crippen LogP contribution is -1.76. The lowest BCUT2D eigenvalue weighted by molar-refractivity contribution is 0.321. The van der Waals surface area contributed by atoms with Gasteiger partial charge >= 0.3 is 0 Å². The van der Waals surface area contributed by atoms with Crippen LogP contribution in [0.1, 0.15) is 0 Å². The van der Waals surface area contributed by atoms with Crippen LogP contribution in [0.5, 0.6) is 0 Å². The Morgan fingerprint density at radius 2 is 2.40 bits per heavy atom. The fraction of sp³-hybridized carbons (Fsp3) is 1.00. The van der Waals surface area contributed by atoms with Gasteiger partial charge in [0.15, 0.2) is 0 Å². The lowest BCUT2D eigenvalue weighted by atomic mass is 10.9. The van der Waals surface area contributed by atoms with Gasteiger partial charge in [-0.15, -0.1) is 0 Å². The molecule has 2 nitrogen and oxygen atoms in total. The van der Waals surface area contributed by atoms with Crippen molar-refractivity contribution in [2.45, 2.75) is 0 Å². The van der Waals surface area contributed by atoms with Crippen molar-refractivity contribution in [2.75, 3.05) is 12.8 Å². The van der Waals surface area contributed by atoms with Gasteiger partial charge in [-0.25, -0.2) is 0 Å². The molecule has 0 aromatic heterocycles. The molecule has 0 aromatic carbocycles. The van der Waals surface area contributed by atoms with Crippen LogP contribution in [0.2, 0.25) is 0 Å². The molecular formula is C2H7O2P. The third kappa shape index (κ3) is 4.19. The van der Waals surface area contributed by atoms with E-state index in [4.69, 9.17) is 5.11 Å². The van der Waals surface area contributed by atoms with Crippen LogP contribution in [0, 0.1) is 0 Å². The van der Waals surface area contributed by atoms with E-state index in [-0.39, 0.29) is 6.61 Å². The van der Waals surface area contributed by atoms with Crippen LogP contribution >= 0.6 is 8.46 Å². The zero-order valence-corrected chi connectivity index (χ0v) is 4.00. The van der Waals surface area contributed by atoms with E-state index in [1.165, 1.54) is 0 Å². The quantitative estimate of drug-likeness (QED) is 0.478. The topological polar surface area (TPSA) is 37.3 Å². The summed E-state index contributed by atoms with van der Waals surface area (Å²) < 4.78 is 9.45. The highest BCUT2D eigenvalue weighted by molar-refractivity contribution is 7.23. The van der Waals surface area contributed by atoms with E-state index in [2.05, 4.69) is 0 Å². The van der Waals surface area contributed by atoms with Crippen molar-refractivity contribution in [3.63, 3.8) is 0 Å². The zero-order chi connectivity index (χ0) is 4.12. The predicted molar refractivity (Wildman–Crippen MR) is 22.3 cm³/mol. The average Bonchev–Trinajstić information content (AvgIpc) is 1.41. The van der Waals surface area contributed by atoms with Gasteiger partial charge in [0, 0.05) is 12.8 Å². The van der Waals surface area contributed by atoms with Crippen molar-refractivity contribution in [2.24, 2.45) is 0 Å². The highest BCUT2D eigenvalue weighted by Crippen LogP contribution is 1.83. The molecule has 32 valence electrons. The molecule has 0 aliphatic heterocycles. The first kappa shape index (κ1) is 5.19. The molecular weight excluding hydrogens is 87.0 g/mol. The SMILES string of the molecule is O=[PH2]CCO. The molecule has 0 fully saturated rings. The van der Waals surface area contributed by atoms with Crippen molar-refractivity contribution in [1.29, 1.82) is 0 Å². The number of aliphatic hydroxyl groups is 1. The van der Waals surface area contributed by atoms with Crippen LogP contribution in [0.25, 0.3) is 0 Å². The van der Waals surface area contributed by atoms with Gasteiger partial charge in [0.1, 0.15) is 0 Å². The van der Waals surface area contributed by atoms with E-state index in [9.17, 15) is 4.57 Å². The molecule has 0 bridgehead atoms. The first-order valence-corrected chi connectivity index (χ1v) is 2.75. The van der Waals surface area contributed by atoms with E-state index in [1.807, 2.05) is 0 Å². The van der Waals surface area contributed by atoms with Crippen LogP contribution in [0.15, 0.2) is 0 Å². The Balaban J connectivity index is 2.40. The Morgan fingerprint density at radius 3 is 2.40 bits per heavy atom. The smallest absolute Gasteiger partial charge is 0.0667 e. The van der Waals surface area contributed by atoms with E-state index < -0.39 is 8.46 Å². The Morgan fingerprint density at radius 1 is 1.80 bits per heavy atom. The molecule has 1 N–H and O–H groups in total. The van der Waals surface area contributed by atoms with Gasteiger partial charge in [-0.3, -0.25) is 0 Å². The van der Waals surface area contributed by atoms with Gasteiger partial charge in [0.05, 0.1) is 8.46 Å². The number of aliphatic hydroxyl groups excluding tert-OH is 1. The van der Waals surface area contributed by atoms with Gasteiger partial charge in [0.2, 0.25) is 0 Å². The largest absolute Gasteiger partial charge is 0.396 e. The maximum Gasteiger partial charge on any atom is 0.0667 e. The Hall–Kier alpha value is 0.190. The predicted octanol–water partition coefficient (Wildman–Crippen LogP) is -0.265. The molecule has 1 atom stereocenters. The maximum atomic E-state index is 9.45. The Kier molecular flexibility index (Phi) is 4.35. The summed E-state index contributed by atoms with van der Waals surface area (Å²) in [7, 11) is -0.714. The van der Waals surface area contributed by atoms with E-state index in [1.54, 1.807) is 0 Å². The first-order valence-electron chi connectivity index (χ1n) is 1.46. The number of rotatable bonds is 2. The molecule has 0 aliphatic rings. The fourth-order valence-electron chi connectivity index (χ4n) is 0.0527. The number of hydrogen-bond donors (Lipinski definition) is 1. The van der Waals surface area contributed by atoms with E-state index in [0.29, 0.717) is 6.16 Å².